The van der Waals surface area contributed by atoms with Crippen molar-refractivity contribution in [3.8, 4) is 0 Å². The topological polar surface area (TPSA) is 42.9 Å². The molecule has 166 valence electrons. The molecule has 1 aromatic heterocycles. The Morgan fingerprint density at radius 1 is 1.24 bits per heavy atom. The zero-order chi connectivity index (χ0) is 19.8. The van der Waals surface area contributed by atoms with Crippen LogP contribution >= 0.6 is 35.3 Å². The molecule has 0 amide bonds. The van der Waals surface area contributed by atoms with E-state index in [1.165, 1.54) is 56.7 Å². The van der Waals surface area contributed by atoms with E-state index in [4.69, 9.17) is 4.99 Å². The molecule has 29 heavy (non-hydrogen) atoms. The zero-order valence-corrected chi connectivity index (χ0v) is 21.5. The van der Waals surface area contributed by atoms with E-state index in [1.54, 1.807) is 0 Å². The molecule has 2 N–H and O–H groups in total. The first-order chi connectivity index (χ1) is 13.6. The molecule has 0 aromatic carbocycles. The molecule has 2 saturated heterocycles. The van der Waals surface area contributed by atoms with Crippen LogP contribution in [0.25, 0.3) is 0 Å². The van der Waals surface area contributed by atoms with Gasteiger partial charge in [0.15, 0.2) is 5.96 Å². The standard InChI is InChI=1S/C22H39N5S.HI/c1-4-23-22(25-20-9-12-27(13-10-20)18(2)3)24-15-19-7-5-11-26(16-19)17-21-8-6-14-28-21;/h6,8,14,18-20H,4-5,7,9-13,15-17H2,1-3H3,(H2,23,24,25);1H. The third-order valence-electron chi connectivity index (χ3n) is 6.02. The Bertz CT molecular complexity index is 584. The molecule has 5 nitrogen and oxygen atoms in total. The molecule has 7 heteroatoms. The van der Waals surface area contributed by atoms with Crippen molar-refractivity contribution in [3.63, 3.8) is 0 Å². The van der Waals surface area contributed by atoms with Crippen molar-refractivity contribution in [2.45, 2.75) is 65.1 Å². The second-order valence-corrected chi connectivity index (χ2v) is 9.62. The zero-order valence-electron chi connectivity index (χ0n) is 18.4. The van der Waals surface area contributed by atoms with Gasteiger partial charge in [0, 0.05) is 56.2 Å². The summed E-state index contributed by atoms with van der Waals surface area (Å²) in [6.45, 7) is 14.5. The maximum absolute atomic E-state index is 4.97. The number of nitrogens with zero attached hydrogens (tertiary/aromatic N) is 3. The lowest BCUT2D eigenvalue weighted by atomic mass is 9.98. The van der Waals surface area contributed by atoms with Gasteiger partial charge in [-0.25, -0.2) is 0 Å². The van der Waals surface area contributed by atoms with E-state index in [-0.39, 0.29) is 24.0 Å². The van der Waals surface area contributed by atoms with Crippen LogP contribution < -0.4 is 10.6 Å². The highest BCUT2D eigenvalue weighted by Gasteiger charge is 2.23. The van der Waals surface area contributed by atoms with Gasteiger partial charge in [-0.15, -0.1) is 35.3 Å². The van der Waals surface area contributed by atoms with Gasteiger partial charge in [0.05, 0.1) is 0 Å². The van der Waals surface area contributed by atoms with Crippen molar-refractivity contribution in [1.29, 1.82) is 0 Å². The first-order valence-electron chi connectivity index (χ1n) is 11.2. The third-order valence-corrected chi connectivity index (χ3v) is 6.88. The lowest BCUT2D eigenvalue weighted by Gasteiger charge is -2.35. The number of piperidine rings is 2. The molecule has 2 aliphatic rings. The maximum Gasteiger partial charge on any atom is 0.191 e. The molecular formula is C22H40IN5S. The lowest BCUT2D eigenvalue weighted by molar-refractivity contribution is 0.166. The van der Waals surface area contributed by atoms with Crippen LogP contribution in [0.2, 0.25) is 0 Å². The van der Waals surface area contributed by atoms with Crippen LogP contribution in [0, 0.1) is 5.92 Å². The molecule has 3 heterocycles. The van der Waals surface area contributed by atoms with Crippen LogP contribution in [0.3, 0.4) is 0 Å². The number of thiophene rings is 1. The number of hydrogen-bond acceptors (Lipinski definition) is 4. The first-order valence-corrected chi connectivity index (χ1v) is 12.1. The molecule has 0 radical (unpaired) electrons. The van der Waals surface area contributed by atoms with E-state index < -0.39 is 0 Å². The van der Waals surface area contributed by atoms with Gasteiger partial charge in [-0.1, -0.05) is 6.07 Å². The lowest BCUT2D eigenvalue weighted by Crippen LogP contribution is -2.50. The molecular weight excluding hydrogens is 493 g/mol. The molecule has 2 fully saturated rings. The van der Waals surface area contributed by atoms with Gasteiger partial charge in [-0.2, -0.15) is 0 Å². The predicted molar refractivity (Wildman–Crippen MR) is 137 cm³/mol. The third kappa shape index (κ3) is 8.34. The highest BCUT2D eigenvalue weighted by atomic mass is 127. The Morgan fingerprint density at radius 2 is 2.03 bits per heavy atom. The molecule has 0 aliphatic carbocycles. The number of guanidine groups is 1. The van der Waals surface area contributed by atoms with Crippen molar-refractivity contribution in [2.75, 3.05) is 39.3 Å². The van der Waals surface area contributed by atoms with E-state index in [0.29, 0.717) is 18.0 Å². The van der Waals surface area contributed by atoms with Crippen LogP contribution in [0.4, 0.5) is 0 Å². The van der Waals surface area contributed by atoms with E-state index in [0.717, 1.165) is 25.6 Å². The molecule has 1 unspecified atom stereocenters. The fraction of sp³-hybridized carbons (Fsp3) is 0.773. The smallest absolute Gasteiger partial charge is 0.191 e. The van der Waals surface area contributed by atoms with E-state index in [2.05, 4.69) is 58.7 Å². The number of likely N-dealkylation sites (tertiary alicyclic amines) is 2. The normalized spacial score (nSPS) is 22.5. The van der Waals surface area contributed by atoms with Crippen molar-refractivity contribution < 1.29 is 0 Å². The van der Waals surface area contributed by atoms with Crippen LogP contribution in [0.1, 0.15) is 51.3 Å². The van der Waals surface area contributed by atoms with E-state index >= 15 is 0 Å². The number of hydrogen-bond donors (Lipinski definition) is 2. The van der Waals surface area contributed by atoms with Gasteiger partial charge in [0.25, 0.3) is 0 Å². The fourth-order valence-electron chi connectivity index (χ4n) is 4.36. The number of aliphatic imine (C=N–C) groups is 1. The van der Waals surface area contributed by atoms with Gasteiger partial charge in [0.2, 0.25) is 0 Å². The molecule has 3 rings (SSSR count). The van der Waals surface area contributed by atoms with Crippen LogP contribution in [-0.4, -0.2) is 67.1 Å². The largest absolute Gasteiger partial charge is 0.357 e. The van der Waals surface area contributed by atoms with Crippen LogP contribution in [0.5, 0.6) is 0 Å². The summed E-state index contributed by atoms with van der Waals surface area (Å²) in [6.07, 6.45) is 5.01. The fourth-order valence-corrected chi connectivity index (χ4v) is 5.11. The van der Waals surface area contributed by atoms with Gasteiger partial charge < -0.3 is 15.5 Å². The van der Waals surface area contributed by atoms with Gasteiger partial charge in [-0.3, -0.25) is 9.89 Å². The summed E-state index contributed by atoms with van der Waals surface area (Å²) in [4.78, 5) is 11.6. The second kappa shape index (κ2) is 13.1. The highest BCUT2D eigenvalue weighted by Crippen LogP contribution is 2.20. The van der Waals surface area contributed by atoms with E-state index in [1.807, 2.05) is 11.3 Å². The monoisotopic (exact) mass is 533 g/mol. The Morgan fingerprint density at radius 3 is 2.69 bits per heavy atom. The Hall–Kier alpha value is -0.380. The molecule has 1 atom stereocenters. The summed E-state index contributed by atoms with van der Waals surface area (Å²) >= 11 is 1.87. The summed E-state index contributed by atoms with van der Waals surface area (Å²) in [6, 6.07) is 5.62. The van der Waals surface area contributed by atoms with Crippen LogP contribution in [0.15, 0.2) is 22.5 Å². The van der Waals surface area contributed by atoms with Crippen LogP contribution in [-0.2, 0) is 6.54 Å². The summed E-state index contributed by atoms with van der Waals surface area (Å²) in [5.41, 5.74) is 0. The second-order valence-electron chi connectivity index (χ2n) is 8.59. The number of rotatable bonds is 7. The number of nitrogens with one attached hydrogen (secondary N) is 2. The van der Waals surface area contributed by atoms with Crippen molar-refractivity contribution in [3.05, 3.63) is 22.4 Å². The Labute approximate surface area is 198 Å². The van der Waals surface area contributed by atoms with Gasteiger partial charge in [0.1, 0.15) is 0 Å². The SMILES string of the molecule is CCNC(=NCC1CCCN(Cc2cccs2)C1)NC1CCN(C(C)C)CC1.I. The van der Waals surface area contributed by atoms with E-state index in [9.17, 15) is 0 Å². The van der Waals surface area contributed by atoms with Crippen molar-refractivity contribution in [1.82, 2.24) is 20.4 Å². The molecule has 0 saturated carbocycles. The molecule has 0 spiro atoms. The average molecular weight is 534 g/mol. The molecule has 2 aliphatic heterocycles. The summed E-state index contributed by atoms with van der Waals surface area (Å²) in [5.74, 6) is 1.69. The van der Waals surface area contributed by atoms with Gasteiger partial charge in [-0.05, 0) is 70.4 Å². The average Bonchev–Trinajstić information content (AvgIpc) is 3.20. The Balaban J connectivity index is 0.00000300. The quantitative estimate of drug-likeness (QED) is 0.316. The molecule has 1 aromatic rings. The summed E-state index contributed by atoms with van der Waals surface area (Å²) in [7, 11) is 0. The first kappa shape index (κ1) is 24.9. The highest BCUT2D eigenvalue weighted by molar-refractivity contribution is 14.0. The van der Waals surface area contributed by atoms with Crippen molar-refractivity contribution >= 4 is 41.3 Å². The summed E-state index contributed by atoms with van der Waals surface area (Å²) < 4.78 is 0. The minimum Gasteiger partial charge on any atom is -0.357 e. The van der Waals surface area contributed by atoms with Gasteiger partial charge >= 0.3 is 0 Å². The minimum absolute atomic E-state index is 0. The predicted octanol–water partition coefficient (Wildman–Crippen LogP) is 4.01. The minimum atomic E-state index is 0. The number of halogens is 1. The Kier molecular flexibility index (Phi) is 11.3. The molecule has 0 bridgehead atoms. The maximum atomic E-state index is 4.97. The summed E-state index contributed by atoms with van der Waals surface area (Å²) in [5, 5.41) is 9.35. The van der Waals surface area contributed by atoms with Crippen molar-refractivity contribution in [2.24, 2.45) is 10.9 Å².